The average Bonchev–Trinajstić information content (AvgIpc) is 3.24. The lowest BCUT2D eigenvalue weighted by Gasteiger charge is -2.42. The van der Waals surface area contributed by atoms with Crippen LogP contribution in [0.4, 0.5) is 0 Å². The maximum absolute atomic E-state index is 13.9. The highest BCUT2D eigenvalue weighted by Gasteiger charge is 2.56. The first-order valence-corrected chi connectivity index (χ1v) is 14.3. The third-order valence-electron chi connectivity index (χ3n) is 9.46. The standard InChI is InChI=1S/C35H29NO6/c1-18-16-28(38)27-17-26-23(29(31(27)32(18)39)24-11-8-20-4-2-3-5-22(20)33(24)40)12-13-25-30(26)35(42)36(34(25)41)15-14-19-6-9-21(37)10-7-19/h2-12,16,25-26,29-30,37,40H,13-15,17H2,1H3. The van der Waals surface area contributed by atoms with Crippen LogP contribution in [0.1, 0.15) is 36.8 Å². The van der Waals surface area contributed by atoms with Crippen molar-refractivity contribution in [2.45, 2.75) is 32.1 Å². The SMILES string of the molecule is CC1=CC(=O)C2=C(C1=O)C(c1ccc3ccccc3c1O)C1=CCC3C(=O)N(CCc4ccc(O)cc4)C(=O)C3C1C2. The van der Waals surface area contributed by atoms with Gasteiger partial charge in [0.15, 0.2) is 11.6 Å². The topological polar surface area (TPSA) is 112 Å². The number of aromatic hydroxyl groups is 2. The van der Waals surface area contributed by atoms with Crippen molar-refractivity contribution in [2.24, 2.45) is 17.8 Å². The first-order valence-electron chi connectivity index (χ1n) is 14.3. The number of nitrogens with zero attached hydrogens (tertiary/aromatic N) is 1. The Bertz CT molecular complexity index is 1810. The molecule has 0 bridgehead atoms. The van der Waals surface area contributed by atoms with E-state index in [4.69, 9.17) is 0 Å². The molecule has 7 heteroatoms. The molecular weight excluding hydrogens is 530 g/mol. The summed E-state index contributed by atoms with van der Waals surface area (Å²) in [5, 5.41) is 22.6. The van der Waals surface area contributed by atoms with E-state index in [9.17, 15) is 29.4 Å². The van der Waals surface area contributed by atoms with Gasteiger partial charge < -0.3 is 10.2 Å². The third-order valence-corrected chi connectivity index (χ3v) is 9.46. The molecule has 3 aromatic carbocycles. The molecule has 7 nitrogen and oxygen atoms in total. The van der Waals surface area contributed by atoms with Gasteiger partial charge in [0.1, 0.15) is 11.5 Å². The average molecular weight is 560 g/mol. The van der Waals surface area contributed by atoms with Crippen molar-refractivity contribution in [3.63, 3.8) is 0 Å². The van der Waals surface area contributed by atoms with E-state index in [1.54, 1.807) is 37.3 Å². The highest BCUT2D eigenvalue weighted by molar-refractivity contribution is 6.24. The van der Waals surface area contributed by atoms with Crippen LogP contribution in [-0.4, -0.2) is 45.0 Å². The molecule has 0 saturated carbocycles. The van der Waals surface area contributed by atoms with Crippen molar-refractivity contribution in [2.75, 3.05) is 6.54 Å². The monoisotopic (exact) mass is 559 g/mol. The first kappa shape index (κ1) is 26.1. The molecule has 4 atom stereocenters. The van der Waals surface area contributed by atoms with E-state index in [2.05, 4.69) is 0 Å². The fourth-order valence-corrected chi connectivity index (χ4v) is 7.41. The van der Waals surface area contributed by atoms with Crippen molar-refractivity contribution in [3.8, 4) is 11.5 Å². The fraction of sp³-hybridized carbons (Fsp3) is 0.257. The van der Waals surface area contributed by atoms with Crippen LogP contribution < -0.4 is 0 Å². The van der Waals surface area contributed by atoms with E-state index in [1.165, 1.54) is 11.0 Å². The molecule has 1 saturated heterocycles. The summed E-state index contributed by atoms with van der Waals surface area (Å²) in [5.41, 5.74) is 3.32. The Labute approximate surface area is 242 Å². The maximum Gasteiger partial charge on any atom is 0.233 e. The Kier molecular flexibility index (Phi) is 6.01. The fourth-order valence-electron chi connectivity index (χ4n) is 7.41. The highest BCUT2D eigenvalue weighted by Crippen LogP contribution is 2.56. The summed E-state index contributed by atoms with van der Waals surface area (Å²) in [6.45, 7) is 1.85. The number of carbonyl (C=O) groups is 4. The van der Waals surface area contributed by atoms with Gasteiger partial charge in [-0.1, -0.05) is 60.2 Å². The summed E-state index contributed by atoms with van der Waals surface area (Å²) in [5.74, 6) is -3.09. The summed E-state index contributed by atoms with van der Waals surface area (Å²) in [6.07, 6.45) is 4.34. The summed E-state index contributed by atoms with van der Waals surface area (Å²) < 4.78 is 0. The molecule has 0 aromatic heterocycles. The molecular formula is C35H29NO6. The highest BCUT2D eigenvalue weighted by atomic mass is 16.3. The van der Waals surface area contributed by atoms with Gasteiger partial charge in [0.05, 0.1) is 11.8 Å². The van der Waals surface area contributed by atoms with E-state index in [0.717, 1.165) is 16.5 Å². The van der Waals surface area contributed by atoms with E-state index in [1.807, 2.05) is 36.4 Å². The number of rotatable bonds is 4. The van der Waals surface area contributed by atoms with Crippen LogP contribution in [0.2, 0.25) is 0 Å². The van der Waals surface area contributed by atoms with E-state index in [0.29, 0.717) is 40.5 Å². The number of phenols is 2. The van der Waals surface area contributed by atoms with E-state index >= 15 is 0 Å². The second-order valence-electron chi connectivity index (χ2n) is 11.7. The van der Waals surface area contributed by atoms with Crippen molar-refractivity contribution in [1.29, 1.82) is 0 Å². The minimum absolute atomic E-state index is 0.0467. The Morgan fingerprint density at radius 2 is 1.64 bits per heavy atom. The molecule has 3 aromatic rings. The Morgan fingerprint density at radius 1 is 0.881 bits per heavy atom. The minimum Gasteiger partial charge on any atom is -0.508 e. The molecule has 3 aliphatic carbocycles. The zero-order valence-electron chi connectivity index (χ0n) is 23.0. The predicted molar refractivity (Wildman–Crippen MR) is 155 cm³/mol. The van der Waals surface area contributed by atoms with Crippen LogP contribution in [0.25, 0.3) is 10.8 Å². The smallest absolute Gasteiger partial charge is 0.233 e. The number of phenolic OH excluding ortho intramolecular Hbond substituents is 2. The number of benzene rings is 3. The molecule has 1 aliphatic heterocycles. The molecule has 4 aliphatic rings. The molecule has 7 rings (SSSR count). The number of Topliss-reactive ketones (excluding diaryl/α,β-unsaturated/α-hetero) is 1. The molecule has 210 valence electrons. The van der Waals surface area contributed by atoms with Gasteiger partial charge in [0.25, 0.3) is 0 Å². The van der Waals surface area contributed by atoms with E-state index < -0.39 is 23.7 Å². The third kappa shape index (κ3) is 3.87. The molecule has 1 fully saturated rings. The minimum atomic E-state index is -0.696. The molecule has 4 unspecified atom stereocenters. The van der Waals surface area contributed by atoms with Crippen LogP contribution in [0, 0.1) is 17.8 Å². The number of hydrogen-bond donors (Lipinski definition) is 2. The van der Waals surface area contributed by atoms with Crippen molar-refractivity contribution >= 4 is 34.2 Å². The van der Waals surface area contributed by atoms with Crippen LogP contribution in [-0.2, 0) is 25.6 Å². The lowest BCUT2D eigenvalue weighted by molar-refractivity contribution is -0.140. The molecule has 42 heavy (non-hydrogen) atoms. The number of ketones is 2. The summed E-state index contributed by atoms with van der Waals surface area (Å²) >= 11 is 0. The van der Waals surface area contributed by atoms with Gasteiger partial charge in [-0.25, -0.2) is 0 Å². The molecule has 2 N–H and O–H groups in total. The van der Waals surface area contributed by atoms with Gasteiger partial charge in [-0.05, 0) is 61.3 Å². The van der Waals surface area contributed by atoms with Crippen molar-refractivity contribution in [3.05, 3.63) is 106 Å². The quantitative estimate of drug-likeness (QED) is 0.267. The summed E-state index contributed by atoms with van der Waals surface area (Å²) in [6, 6.07) is 17.8. The number of carbonyl (C=O) groups excluding carboxylic acids is 4. The van der Waals surface area contributed by atoms with Crippen LogP contribution >= 0.6 is 0 Å². The lowest BCUT2D eigenvalue weighted by atomic mass is 9.59. The molecule has 1 heterocycles. The van der Waals surface area contributed by atoms with Crippen LogP contribution in [0.5, 0.6) is 11.5 Å². The van der Waals surface area contributed by atoms with Crippen molar-refractivity contribution < 1.29 is 29.4 Å². The van der Waals surface area contributed by atoms with Gasteiger partial charge in [-0.15, -0.1) is 0 Å². The predicted octanol–water partition coefficient (Wildman–Crippen LogP) is 4.92. The van der Waals surface area contributed by atoms with E-state index in [-0.39, 0.29) is 47.8 Å². The molecule has 0 spiro atoms. The van der Waals surface area contributed by atoms with Gasteiger partial charge in [-0.3, -0.25) is 24.1 Å². The first-order chi connectivity index (χ1) is 20.2. The summed E-state index contributed by atoms with van der Waals surface area (Å²) in [7, 11) is 0. The Balaban J connectivity index is 1.30. The number of hydrogen-bond acceptors (Lipinski definition) is 6. The largest absolute Gasteiger partial charge is 0.508 e. The normalized spacial score (nSPS) is 25.3. The van der Waals surface area contributed by atoms with Crippen molar-refractivity contribution in [1.82, 2.24) is 4.90 Å². The number of fused-ring (bicyclic) bond motifs is 4. The Morgan fingerprint density at radius 3 is 2.43 bits per heavy atom. The maximum atomic E-state index is 13.9. The van der Waals surface area contributed by atoms with Gasteiger partial charge in [-0.2, -0.15) is 0 Å². The number of likely N-dealkylation sites (tertiary alicyclic amines) is 1. The number of allylic oxidation sites excluding steroid dienone is 6. The zero-order valence-corrected chi connectivity index (χ0v) is 23.0. The number of imide groups is 1. The lowest BCUT2D eigenvalue weighted by Crippen LogP contribution is -2.40. The van der Waals surface area contributed by atoms with Gasteiger partial charge in [0.2, 0.25) is 11.8 Å². The Hall–Kier alpha value is -4.78. The van der Waals surface area contributed by atoms with Gasteiger partial charge >= 0.3 is 0 Å². The second kappa shape index (κ2) is 9.65. The van der Waals surface area contributed by atoms with Crippen LogP contribution in [0.3, 0.4) is 0 Å². The number of amides is 2. The summed E-state index contributed by atoms with van der Waals surface area (Å²) in [4.78, 5) is 55.8. The molecule has 2 amide bonds. The second-order valence-corrected chi connectivity index (χ2v) is 11.7. The molecule has 0 radical (unpaired) electrons. The van der Waals surface area contributed by atoms with Gasteiger partial charge in [0, 0.05) is 40.1 Å². The van der Waals surface area contributed by atoms with Crippen LogP contribution in [0.15, 0.2) is 95.1 Å². The zero-order chi connectivity index (χ0) is 29.3.